The fourth-order valence-corrected chi connectivity index (χ4v) is 7.08. The Labute approximate surface area is 243 Å². The molecule has 9 nitrogen and oxygen atoms in total. The average Bonchev–Trinajstić information content (AvgIpc) is 2.98. The number of carbonyl (C=O) groups is 1. The molecule has 11 heteroatoms. The number of para-hydroxylation sites is 2. The fraction of sp³-hybridized carbons (Fsp3) is 0.300. The maximum absolute atomic E-state index is 13.8. The van der Waals surface area contributed by atoms with Crippen LogP contribution in [0.1, 0.15) is 32.3 Å². The lowest BCUT2D eigenvalue weighted by Gasteiger charge is -2.26. The van der Waals surface area contributed by atoms with Crippen LogP contribution in [0.4, 0.5) is 5.69 Å². The number of ether oxygens (including phenoxy) is 1. The normalized spacial score (nSPS) is 15.2. The Kier molecular flexibility index (Phi) is 8.60. The number of hydrogen-bond donors (Lipinski definition) is 1. The Balaban J connectivity index is 1.44. The number of benzene rings is 3. The van der Waals surface area contributed by atoms with E-state index in [0.717, 1.165) is 11.3 Å². The quantitative estimate of drug-likeness (QED) is 0.234. The summed E-state index contributed by atoms with van der Waals surface area (Å²) in [6.45, 7) is 7.12. The molecule has 1 amide bonds. The number of rotatable bonds is 8. The highest BCUT2D eigenvalue weighted by atomic mass is 32.2. The first kappa shape index (κ1) is 29.0. The number of hydrogen-bond acceptors (Lipinski definition) is 7. The van der Waals surface area contributed by atoms with E-state index in [1.165, 1.54) is 28.2 Å². The zero-order chi connectivity index (χ0) is 29.1. The Morgan fingerprint density at radius 3 is 2.44 bits per heavy atom. The van der Waals surface area contributed by atoms with Gasteiger partial charge < -0.3 is 10.1 Å². The number of aromatic nitrogens is 2. The third-order valence-electron chi connectivity index (χ3n) is 6.91. The summed E-state index contributed by atoms with van der Waals surface area (Å²) in [6.07, 6.45) is 0. The van der Waals surface area contributed by atoms with Crippen molar-refractivity contribution in [3.05, 3.63) is 88.7 Å². The van der Waals surface area contributed by atoms with E-state index in [4.69, 9.17) is 9.72 Å². The molecule has 4 aromatic rings. The van der Waals surface area contributed by atoms with Crippen LogP contribution in [0.15, 0.2) is 87.6 Å². The maximum Gasteiger partial charge on any atom is 0.266 e. The van der Waals surface area contributed by atoms with Crippen molar-refractivity contribution in [2.75, 3.05) is 31.6 Å². The Morgan fingerprint density at radius 1 is 0.976 bits per heavy atom. The van der Waals surface area contributed by atoms with E-state index in [0.29, 0.717) is 35.0 Å². The molecule has 1 N–H and O–H groups in total. The highest BCUT2D eigenvalue weighted by Crippen LogP contribution is 2.30. The van der Waals surface area contributed by atoms with E-state index in [1.54, 1.807) is 41.8 Å². The van der Waals surface area contributed by atoms with Crippen LogP contribution in [0, 0.1) is 0 Å². The van der Waals surface area contributed by atoms with Gasteiger partial charge in [-0.05, 0) is 54.8 Å². The number of morpholine rings is 1. The van der Waals surface area contributed by atoms with Gasteiger partial charge in [0.05, 0.1) is 39.9 Å². The smallest absolute Gasteiger partial charge is 0.266 e. The molecular formula is C30H32N4O5S2. The number of amides is 1. The molecule has 1 unspecified atom stereocenters. The van der Waals surface area contributed by atoms with Gasteiger partial charge in [-0.2, -0.15) is 4.31 Å². The molecule has 0 radical (unpaired) electrons. The number of fused-ring (bicyclic) bond motifs is 1. The summed E-state index contributed by atoms with van der Waals surface area (Å²) in [6, 6.07) is 21.1. The SMILES string of the molecule is CC(Sc1nc2ccccc2c(=O)n1-c1ccccc1C(C)C)C(=O)Nc1cccc(S(=O)(=O)N2CCOCC2)c1. The zero-order valence-electron chi connectivity index (χ0n) is 23.1. The van der Waals surface area contributed by atoms with E-state index < -0.39 is 15.3 Å². The molecule has 1 aliphatic heterocycles. The number of nitrogens with zero attached hydrogens (tertiary/aromatic N) is 3. The lowest BCUT2D eigenvalue weighted by Crippen LogP contribution is -2.40. The summed E-state index contributed by atoms with van der Waals surface area (Å²) >= 11 is 1.17. The summed E-state index contributed by atoms with van der Waals surface area (Å²) in [7, 11) is -3.71. The van der Waals surface area contributed by atoms with Crippen molar-refractivity contribution in [2.24, 2.45) is 0 Å². The van der Waals surface area contributed by atoms with E-state index >= 15 is 0 Å². The molecule has 3 aromatic carbocycles. The predicted molar refractivity (Wildman–Crippen MR) is 161 cm³/mol. The number of anilines is 1. The molecular weight excluding hydrogens is 560 g/mol. The van der Waals surface area contributed by atoms with Gasteiger partial charge in [-0.1, -0.05) is 62.0 Å². The van der Waals surface area contributed by atoms with Crippen LogP contribution in [0.5, 0.6) is 0 Å². The first-order chi connectivity index (χ1) is 19.7. The summed E-state index contributed by atoms with van der Waals surface area (Å²) in [4.78, 5) is 32.0. The molecule has 1 fully saturated rings. The average molecular weight is 593 g/mol. The molecule has 214 valence electrons. The summed E-state index contributed by atoms with van der Waals surface area (Å²) in [5.41, 5.74) is 2.42. The first-order valence-electron chi connectivity index (χ1n) is 13.4. The fourth-order valence-electron chi connectivity index (χ4n) is 4.71. The van der Waals surface area contributed by atoms with Crippen LogP contribution in [-0.2, 0) is 19.6 Å². The van der Waals surface area contributed by atoms with Gasteiger partial charge in [0.2, 0.25) is 15.9 Å². The van der Waals surface area contributed by atoms with Crippen LogP contribution in [0.25, 0.3) is 16.6 Å². The monoisotopic (exact) mass is 592 g/mol. The predicted octanol–water partition coefficient (Wildman–Crippen LogP) is 4.65. The molecule has 41 heavy (non-hydrogen) atoms. The lowest BCUT2D eigenvalue weighted by molar-refractivity contribution is -0.115. The van der Waals surface area contributed by atoms with Gasteiger partial charge >= 0.3 is 0 Å². The second-order valence-corrected chi connectivity index (χ2v) is 13.3. The molecule has 1 saturated heterocycles. The molecule has 0 saturated carbocycles. The van der Waals surface area contributed by atoms with E-state index in [9.17, 15) is 18.0 Å². The lowest BCUT2D eigenvalue weighted by atomic mass is 10.0. The molecule has 1 atom stereocenters. The van der Waals surface area contributed by atoms with E-state index in [1.807, 2.05) is 30.3 Å². The summed E-state index contributed by atoms with van der Waals surface area (Å²) in [5.74, 6) is -0.189. The van der Waals surface area contributed by atoms with Gasteiger partial charge in [0.25, 0.3) is 5.56 Å². The van der Waals surface area contributed by atoms with Crippen LogP contribution in [0.2, 0.25) is 0 Å². The second-order valence-electron chi connectivity index (χ2n) is 10.1. The highest BCUT2D eigenvalue weighted by Gasteiger charge is 2.27. The van der Waals surface area contributed by atoms with Gasteiger partial charge in [-0.3, -0.25) is 14.2 Å². The van der Waals surface area contributed by atoms with Crippen molar-refractivity contribution in [3.8, 4) is 5.69 Å². The molecule has 2 heterocycles. The van der Waals surface area contributed by atoms with Crippen molar-refractivity contribution in [2.45, 2.75) is 42.0 Å². The van der Waals surface area contributed by atoms with Crippen LogP contribution < -0.4 is 10.9 Å². The number of carbonyl (C=O) groups excluding carboxylic acids is 1. The standard InChI is InChI=1S/C30H32N4O5S2/c1-20(2)24-11-5-7-14-27(24)34-29(36)25-12-4-6-13-26(25)32-30(34)40-21(3)28(35)31-22-9-8-10-23(19-22)41(37,38)33-15-17-39-18-16-33/h4-14,19-21H,15-18H2,1-3H3,(H,31,35). The van der Waals surface area contributed by atoms with Gasteiger partial charge in [0.15, 0.2) is 5.16 Å². The summed E-state index contributed by atoms with van der Waals surface area (Å²) in [5, 5.41) is 3.07. The summed E-state index contributed by atoms with van der Waals surface area (Å²) < 4.78 is 34.4. The largest absolute Gasteiger partial charge is 0.379 e. The Bertz CT molecular complexity index is 1750. The third kappa shape index (κ3) is 6.08. The zero-order valence-corrected chi connectivity index (χ0v) is 24.7. The number of nitrogens with one attached hydrogen (secondary N) is 1. The van der Waals surface area contributed by atoms with Gasteiger partial charge in [-0.25, -0.2) is 13.4 Å². The van der Waals surface area contributed by atoms with E-state index in [-0.39, 0.29) is 35.4 Å². The van der Waals surface area contributed by atoms with Crippen molar-refractivity contribution >= 4 is 44.3 Å². The van der Waals surface area contributed by atoms with Crippen molar-refractivity contribution in [1.29, 1.82) is 0 Å². The Morgan fingerprint density at radius 2 is 1.68 bits per heavy atom. The molecule has 0 aliphatic carbocycles. The topological polar surface area (TPSA) is 111 Å². The van der Waals surface area contributed by atoms with Gasteiger partial charge in [0.1, 0.15) is 0 Å². The number of thioether (sulfide) groups is 1. The highest BCUT2D eigenvalue weighted by molar-refractivity contribution is 8.00. The van der Waals surface area contributed by atoms with Gasteiger partial charge in [0, 0.05) is 18.8 Å². The Hall–Kier alpha value is -3.51. The second kappa shape index (κ2) is 12.2. The minimum Gasteiger partial charge on any atom is -0.379 e. The minimum absolute atomic E-state index is 0.104. The third-order valence-corrected chi connectivity index (χ3v) is 9.85. The van der Waals surface area contributed by atoms with Gasteiger partial charge in [-0.15, -0.1) is 0 Å². The van der Waals surface area contributed by atoms with Crippen molar-refractivity contribution in [3.63, 3.8) is 0 Å². The van der Waals surface area contributed by atoms with Crippen LogP contribution in [-0.4, -0.2) is 59.7 Å². The molecule has 1 aliphatic rings. The van der Waals surface area contributed by atoms with Crippen LogP contribution in [0.3, 0.4) is 0 Å². The minimum atomic E-state index is -3.71. The van der Waals surface area contributed by atoms with E-state index in [2.05, 4.69) is 19.2 Å². The van der Waals surface area contributed by atoms with Crippen molar-refractivity contribution in [1.82, 2.24) is 13.9 Å². The molecule has 0 spiro atoms. The molecule has 0 bridgehead atoms. The molecule has 1 aromatic heterocycles. The first-order valence-corrected chi connectivity index (χ1v) is 15.8. The van der Waals surface area contributed by atoms with Crippen molar-refractivity contribution < 1.29 is 17.9 Å². The maximum atomic E-state index is 13.8. The molecule has 5 rings (SSSR count). The van der Waals surface area contributed by atoms with Crippen LogP contribution >= 0.6 is 11.8 Å². The number of sulfonamides is 1.